The van der Waals surface area contributed by atoms with Crippen LogP contribution in [0.1, 0.15) is 22.8 Å². The number of nitrogens with zero attached hydrogens (tertiary/aromatic N) is 1. The Hall–Kier alpha value is -2.62. The van der Waals surface area contributed by atoms with E-state index >= 15 is 0 Å². The molecule has 0 spiro atoms. The van der Waals surface area contributed by atoms with Crippen molar-refractivity contribution < 1.29 is 14.3 Å². The van der Waals surface area contributed by atoms with Gasteiger partial charge in [0.2, 0.25) is 0 Å². The van der Waals surface area contributed by atoms with E-state index in [1.165, 1.54) is 5.56 Å². The minimum Gasteiger partial charge on any atom is -0.480 e. The average Bonchev–Trinajstić information content (AvgIpc) is 2.98. The van der Waals surface area contributed by atoms with Crippen LogP contribution in [0.15, 0.2) is 48.5 Å². The van der Waals surface area contributed by atoms with Crippen LogP contribution < -0.4 is 9.64 Å². The Morgan fingerprint density at radius 3 is 2.73 bits per heavy atom. The molecule has 0 bridgehead atoms. The van der Waals surface area contributed by atoms with Crippen molar-refractivity contribution in [2.45, 2.75) is 19.4 Å². The predicted molar refractivity (Wildman–Crippen MR) is 84.4 cm³/mol. The lowest BCUT2D eigenvalue weighted by atomic mass is 10.2. The smallest absolute Gasteiger partial charge is 0.267 e. The number of amides is 1. The van der Waals surface area contributed by atoms with E-state index < -0.39 is 6.10 Å². The number of hydrogen-bond acceptors (Lipinski definition) is 3. The summed E-state index contributed by atoms with van der Waals surface area (Å²) in [4.78, 5) is 25.4. The Labute approximate surface area is 129 Å². The summed E-state index contributed by atoms with van der Waals surface area (Å²) in [5, 5.41) is 0. The van der Waals surface area contributed by atoms with Gasteiger partial charge in [-0.3, -0.25) is 9.59 Å². The van der Waals surface area contributed by atoms with Gasteiger partial charge in [-0.25, -0.2) is 0 Å². The van der Waals surface area contributed by atoms with Gasteiger partial charge in [0, 0.05) is 12.2 Å². The Morgan fingerprint density at radius 1 is 1.18 bits per heavy atom. The molecular weight excluding hydrogens is 278 g/mol. The zero-order valence-electron chi connectivity index (χ0n) is 12.4. The molecule has 0 aliphatic carbocycles. The van der Waals surface area contributed by atoms with Crippen LogP contribution in [0, 0.1) is 0 Å². The molecule has 0 saturated heterocycles. The normalized spacial score (nSPS) is 14.3. The highest BCUT2D eigenvalue weighted by Gasteiger charge is 2.29. The Kier molecular flexibility index (Phi) is 3.92. The zero-order chi connectivity index (χ0) is 15.5. The highest BCUT2D eigenvalue weighted by Crippen LogP contribution is 2.28. The van der Waals surface area contributed by atoms with Crippen LogP contribution in [0.4, 0.5) is 5.69 Å². The van der Waals surface area contributed by atoms with Crippen molar-refractivity contribution in [3.8, 4) is 5.75 Å². The van der Waals surface area contributed by atoms with Gasteiger partial charge in [0.15, 0.2) is 12.4 Å². The van der Waals surface area contributed by atoms with E-state index in [1.807, 2.05) is 24.3 Å². The number of ether oxygens (including phenoxy) is 1. The van der Waals surface area contributed by atoms with E-state index in [9.17, 15) is 9.59 Å². The quantitative estimate of drug-likeness (QED) is 0.815. The van der Waals surface area contributed by atoms with Gasteiger partial charge in [0.25, 0.3) is 5.91 Å². The zero-order valence-corrected chi connectivity index (χ0v) is 12.4. The van der Waals surface area contributed by atoms with Gasteiger partial charge in [-0.15, -0.1) is 0 Å². The van der Waals surface area contributed by atoms with E-state index in [-0.39, 0.29) is 5.91 Å². The van der Waals surface area contributed by atoms with Crippen LogP contribution in [0.3, 0.4) is 0 Å². The van der Waals surface area contributed by atoms with E-state index in [4.69, 9.17) is 4.74 Å². The highest BCUT2D eigenvalue weighted by molar-refractivity contribution is 5.98. The van der Waals surface area contributed by atoms with Crippen molar-refractivity contribution in [2.75, 3.05) is 11.4 Å². The van der Waals surface area contributed by atoms with Crippen LogP contribution in [0.5, 0.6) is 5.75 Å². The first-order valence-electron chi connectivity index (χ1n) is 7.31. The van der Waals surface area contributed by atoms with Gasteiger partial charge in [-0.1, -0.05) is 30.3 Å². The maximum atomic E-state index is 12.6. The van der Waals surface area contributed by atoms with Gasteiger partial charge in [-0.05, 0) is 37.1 Å². The lowest BCUT2D eigenvalue weighted by Gasteiger charge is -2.22. The molecule has 4 nitrogen and oxygen atoms in total. The maximum absolute atomic E-state index is 12.6. The number of fused-ring (bicyclic) bond motifs is 1. The van der Waals surface area contributed by atoms with Crippen LogP contribution in [0.25, 0.3) is 0 Å². The topological polar surface area (TPSA) is 46.6 Å². The number of hydrogen-bond donors (Lipinski definition) is 0. The fraction of sp³-hybridized carbons (Fsp3) is 0.222. The summed E-state index contributed by atoms with van der Waals surface area (Å²) in [6.45, 7) is 2.38. The fourth-order valence-electron chi connectivity index (χ4n) is 2.71. The Balaban J connectivity index is 1.77. The summed E-state index contributed by atoms with van der Waals surface area (Å²) in [6, 6.07) is 14.8. The van der Waals surface area contributed by atoms with E-state index in [0.29, 0.717) is 17.9 Å². The SMILES string of the molecule is C[C@H](Oc1ccccc1C=O)C(=O)N1CCc2ccccc21. The van der Waals surface area contributed by atoms with Crippen molar-refractivity contribution in [3.05, 3.63) is 59.7 Å². The van der Waals surface area contributed by atoms with Crippen LogP contribution >= 0.6 is 0 Å². The molecule has 22 heavy (non-hydrogen) atoms. The van der Waals surface area contributed by atoms with Crippen molar-refractivity contribution >= 4 is 17.9 Å². The summed E-state index contributed by atoms with van der Waals surface area (Å²) in [5.74, 6) is 0.344. The van der Waals surface area contributed by atoms with Crippen LogP contribution in [-0.4, -0.2) is 24.8 Å². The van der Waals surface area contributed by atoms with Crippen molar-refractivity contribution in [2.24, 2.45) is 0 Å². The van der Waals surface area contributed by atoms with Crippen molar-refractivity contribution in [1.29, 1.82) is 0 Å². The third-order valence-electron chi connectivity index (χ3n) is 3.85. The monoisotopic (exact) mass is 295 g/mol. The number of benzene rings is 2. The summed E-state index contributed by atoms with van der Waals surface area (Å²) >= 11 is 0. The molecule has 3 rings (SSSR count). The van der Waals surface area contributed by atoms with Gasteiger partial charge in [-0.2, -0.15) is 0 Å². The fourth-order valence-corrected chi connectivity index (χ4v) is 2.71. The molecule has 0 unspecified atom stereocenters. The number of carbonyl (C=O) groups excluding carboxylic acids is 2. The molecule has 0 saturated carbocycles. The van der Waals surface area contributed by atoms with Crippen molar-refractivity contribution in [1.82, 2.24) is 0 Å². The third-order valence-corrected chi connectivity index (χ3v) is 3.85. The summed E-state index contributed by atoms with van der Waals surface area (Å²) < 4.78 is 5.70. The molecule has 112 valence electrons. The van der Waals surface area contributed by atoms with Gasteiger partial charge in [0.05, 0.1) is 5.56 Å². The molecule has 1 aliphatic heterocycles. The predicted octanol–water partition coefficient (Wildman–Crippen LogP) is 2.86. The second-order valence-corrected chi connectivity index (χ2v) is 5.28. The number of carbonyl (C=O) groups is 2. The second kappa shape index (κ2) is 6.02. The lowest BCUT2D eigenvalue weighted by Crippen LogP contribution is -2.39. The average molecular weight is 295 g/mol. The molecule has 0 aromatic heterocycles. The minimum atomic E-state index is -0.646. The lowest BCUT2D eigenvalue weighted by molar-refractivity contribution is -0.124. The molecule has 0 fully saturated rings. The largest absolute Gasteiger partial charge is 0.480 e. The second-order valence-electron chi connectivity index (χ2n) is 5.28. The Morgan fingerprint density at radius 2 is 1.91 bits per heavy atom. The standard InChI is InChI=1S/C18H17NO3/c1-13(22-17-9-5-3-7-15(17)12-20)18(21)19-11-10-14-6-2-4-8-16(14)19/h2-9,12-13H,10-11H2,1H3/t13-/m0/s1. The first-order chi connectivity index (χ1) is 10.7. The molecular formula is C18H17NO3. The van der Waals surface area contributed by atoms with Gasteiger partial charge >= 0.3 is 0 Å². The van der Waals surface area contributed by atoms with Gasteiger partial charge in [0.1, 0.15) is 5.75 Å². The van der Waals surface area contributed by atoms with Crippen LogP contribution in [-0.2, 0) is 11.2 Å². The Bertz CT molecular complexity index is 711. The highest BCUT2D eigenvalue weighted by atomic mass is 16.5. The third kappa shape index (κ3) is 2.60. The first-order valence-corrected chi connectivity index (χ1v) is 7.31. The summed E-state index contributed by atoms with van der Waals surface area (Å²) in [7, 11) is 0. The number of rotatable bonds is 4. The molecule has 0 N–H and O–H groups in total. The van der Waals surface area contributed by atoms with E-state index in [0.717, 1.165) is 18.4 Å². The summed E-state index contributed by atoms with van der Waals surface area (Å²) in [6.07, 6.45) is 0.948. The molecule has 4 heteroatoms. The first kappa shape index (κ1) is 14.3. The molecule has 2 aromatic rings. The molecule has 1 aliphatic rings. The number of anilines is 1. The van der Waals surface area contributed by atoms with E-state index in [2.05, 4.69) is 0 Å². The minimum absolute atomic E-state index is 0.0920. The number of para-hydroxylation sites is 2. The van der Waals surface area contributed by atoms with Crippen LogP contribution in [0.2, 0.25) is 0 Å². The molecule has 1 atom stereocenters. The summed E-state index contributed by atoms with van der Waals surface area (Å²) in [5.41, 5.74) is 2.58. The van der Waals surface area contributed by atoms with Gasteiger partial charge < -0.3 is 9.64 Å². The molecule has 1 heterocycles. The molecule has 1 amide bonds. The van der Waals surface area contributed by atoms with E-state index in [1.54, 1.807) is 36.1 Å². The maximum Gasteiger partial charge on any atom is 0.267 e. The molecule has 0 radical (unpaired) electrons. The van der Waals surface area contributed by atoms with Crippen molar-refractivity contribution in [3.63, 3.8) is 0 Å². The molecule has 2 aromatic carbocycles. The number of aldehydes is 1.